The van der Waals surface area contributed by atoms with E-state index in [1.807, 2.05) is 6.92 Å². The first kappa shape index (κ1) is 18.6. The van der Waals surface area contributed by atoms with Crippen molar-refractivity contribution in [1.82, 2.24) is 0 Å². The summed E-state index contributed by atoms with van der Waals surface area (Å²) in [6, 6.07) is 0. The summed E-state index contributed by atoms with van der Waals surface area (Å²) < 4.78 is 9.95. The first-order chi connectivity index (χ1) is 9.01. The van der Waals surface area contributed by atoms with Crippen LogP contribution in [0, 0.1) is 5.41 Å². The second-order valence-corrected chi connectivity index (χ2v) is 6.30. The Balaban J connectivity index is 4.02. The summed E-state index contributed by atoms with van der Waals surface area (Å²) in [5.41, 5.74) is 0.313. The fraction of sp³-hybridized carbons (Fsp3) is 0.733. The Labute approximate surface area is 121 Å². The van der Waals surface area contributed by atoms with Gasteiger partial charge in [0.05, 0.1) is 18.6 Å². The molecular formula is C15H26O5. The van der Waals surface area contributed by atoms with Crippen molar-refractivity contribution in [3.63, 3.8) is 0 Å². The molecule has 0 aromatic heterocycles. The van der Waals surface area contributed by atoms with E-state index in [1.165, 1.54) is 6.92 Å². The lowest BCUT2D eigenvalue weighted by Crippen LogP contribution is -2.26. The number of carbonyl (C=O) groups is 2. The summed E-state index contributed by atoms with van der Waals surface area (Å²) in [6.45, 7) is 12.7. The summed E-state index contributed by atoms with van der Waals surface area (Å²) in [4.78, 5) is 22.7. The lowest BCUT2D eigenvalue weighted by atomic mass is 9.90. The fourth-order valence-electron chi connectivity index (χ4n) is 1.72. The summed E-state index contributed by atoms with van der Waals surface area (Å²) in [7, 11) is 0. The highest BCUT2D eigenvalue weighted by molar-refractivity contribution is 5.86. The van der Waals surface area contributed by atoms with Crippen LogP contribution in [0.5, 0.6) is 0 Å². The smallest absolute Gasteiger partial charge is 0.333 e. The largest absolute Gasteiger partial charge is 0.463 e. The van der Waals surface area contributed by atoms with Crippen LogP contribution in [0.1, 0.15) is 47.5 Å². The zero-order valence-electron chi connectivity index (χ0n) is 13.1. The van der Waals surface area contributed by atoms with Crippen LogP contribution in [0.4, 0.5) is 0 Å². The van der Waals surface area contributed by atoms with Crippen LogP contribution >= 0.6 is 0 Å². The minimum atomic E-state index is -1.06. The van der Waals surface area contributed by atoms with E-state index >= 15 is 0 Å². The van der Waals surface area contributed by atoms with Crippen molar-refractivity contribution in [2.24, 2.45) is 5.41 Å². The Morgan fingerprint density at radius 3 is 2.30 bits per heavy atom. The Hall–Kier alpha value is -1.36. The van der Waals surface area contributed by atoms with E-state index in [1.54, 1.807) is 0 Å². The molecule has 0 bridgehead atoms. The molecule has 0 aliphatic heterocycles. The Bertz CT molecular complexity index is 354. The molecule has 0 amide bonds. The Kier molecular flexibility index (Phi) is 7.50. The maximum atomic E-state index is 11.6. The zero-order valence-corrected chi connectivity index (χ0v) is 13.1. The first-order valence-corrected chi connectivity index (χ1v) is 6.71. The summed E-state index contributed by atoms with van der Waals surface area (Å²) in [5, 5.41) is 9.59. The number of aliphatic hydroxyl groups is 1. The summed E-state index contributed by atoms with van der Waals surface area (Å²) in [6.07, 6.45) is -0.738. The molecule has 116 valence electrons. The molecule has 0 aromatic carbocycles. The number of rotatable bonds is 7. The quantitative estimate of drug-likeness (QED) is 0.574. The van der Waals surface area contributed by atoms with Crippen LogP contribution in [-0.2, 0) is 19.1 Å². The number of hydrogen-bond acceptors (Lipinski definition) is 5. The number of hydrogen-bond donors (Lipinski definition) is 1. The van der Waals surface area contributed by atoms with E-state index in [2.05, 4.69) is 27.4 Å². The van der Waals surface area contributed by atoms with Gasteiger partial charge in [0.2, 0.25) is 0 Å². The molecule has 0 aliphatic carbocycles. The molecule has 1 N–H and O–H groups in total. The zero-order chi connectivity index (χ0) is 15.9. The minimum Gasteiger partial charge on any atom is -0.463 e. The van der Waals surface area contributed by atoms with Crippen molar-refractivity contribution in [2.45, 2.75) is 59.7 Å². The minimum absolute atomic E-state index is 0.0648. The highest BCUT2D eigenvalue weighted by Crippen LogP contribution is 2.22. The average molecular weight is 286 g/mol. The maximum Gasteiger partial charge on any atom is 0.333 e. The van der Waals surface area contributed by atoms with Gasteiger partial charge in [0, 0.05) is 5.57 Å². The van der Waals surface area contributed by atoms with Crippen LogP contribution in [0.15, 0.2) is 12.2 Å². The molecule has 0 spiro atoms. The lowest BCUT2D eigenvalue weighted by Gasteiger charge is -2.23. The molecule has 2 unspecified atom stereocenters. The second kappa shape index (κ2) is 8.04. The molecule has 0 heterocycles. The highest BCUT2D eigenvalue weighted by atomic mass is 16.6. The van der Waals surface area contributed by atoms with Crippen LogP contribution < -0.4 is 0 Å². The molecular weight excluding hydrogens is 260 g/mol. The monoisotopic (exact) mass is 286 g/mol. The highest BCUT2D eigenvalue weighted by Gasteiger charge is 2.20. The van der Waals surface area contributed by atoms with Gasteiger partial charge in [-0.25, -0.2) is 4.79 Å². The summed E-state index contributed by atoms with van der Waals surface area (Å²) in [5.74, 6) is -1.08. The van der Waals surface area contributed by atoms with Gasteiger partial charge in [0.15, 0.2) is 0 Å². The Morgan fingerprint density at radius 1 is 1.30 bits per heavy atom. The number of carbonyl (C=O) groups excluding carboxylic acids is 2. The van der Waals surface area contributed by atoms with Gasteiger partial charge in [-0.1, -0.05) is 27.4 Å². The standard InChI is InChI=1S/C15H26O5/c1-10(2)14(18)19-9-12(16)7-13(17)20-11(3)8-15(4,5)6/h11-12,16H,1,7-9H2,2-6H3. The van der Waals surface area contributed by atoms with Crippen molar-refractivity contribution >= 4 is 11.9 Å². The topological polar surface area (TPSA) is 72.8 Å². The van der Waals surface area contributed by atoms with Crippen molar-refractivity contribution in [1.29, 1.82) is 0 Å². The molecule has 5 nitrogen and oxygen atoms in total. The van der Waals surface area contributed by atoms with Crippen molar-refractivity contribution in [3.8, 4) is 0 Å². The maximum absolute atomic E-state index is 11.6. The third-order valence-corrected chi connectivity index (χ3v) is 2.39. The van der Waals surface area contributed by atoms with Gasteiger partial charge >= 0.3 is 11.9 Å². The van der Waals surface area contributed by atoms with E-state index < -0.39 is 18.0 Å². The molecule has 0 aromatic rings. The third-order valence-electron chi connectivity index (χ3n) is 2.39. The van der Waals surface area contributed by atoms with Crippen LogP contribution in [0.25, 0.3) is 0 Å². The Morgan fingerprint density at radius 2 is 1.85 bits per heavy atom. The molecule has 2 atom stereocenters. The molecule has 0 fully saturated rings. The molecule has 0 saturated carbocycles. The van der Waals surface area contributed by atoms with Gasteiger partial charge in [-0.2, -0.15) is 0 Å². The van der Waals surface area contributed by atoms with E-state index in [-0.39, 0.29) is 30.1 Å². The van der Waals surface area contributed by atoms with Crippen molar-refractivity contribution in [2.75, 3.05) is 6.61 Å². The van der Waals surface area contributed by atoms with E-state index in [0.29, 0.717) is 0 Å². The van der Waals surface area contributed by atoms with Gasteiger partial charge in [-0.05, 0) is 25.7 Å². The summed E-state index contributed by atoms with van der Waals surface area (Å²) >= 11 is 0. The number of esters is 2. The first-order valence-electron chi connectivity index (χ1n) is 6.71. The predicted octanol–water partition coefficient (Wildman–Crippen LogP) is 2.22. The van der Waals surface area contributed by atoms with Gasteiger partial charge in [0.1, 0.15) is 6.61 Å². The SMILES string of the molecule is C=C(C)C(=O)OCC(O)CC(=O)OC(C)CC(C)(C)C. The average Bonchev–Trinajstić information content (AvgIpc) is 2.22. The molecule has 20 heavy (non-hydrogen) atoms. The molecule has 0 aliphatic rings. The number of aliphatic hydroxyl groups excluding tert-OH is 1. The van der Waals surface area contributed by atoms with Crippen molar-refractivity contribution in [3.05, 3.63) is 12.2 Å². The normalized spacial score (nSPS) is 14.3. The van der Waals surface area contributed by atoms with Gasteiger partial charge < -0.3 is 14.6 Å². The third kappa shape index (κ3) is 9.55. The molecule has 0 rings (SSSR count). The predicted molar refractivity (Wildman–Crippen MR) is 76.0 cm³/mol. The van der Waals surface area contributed by atoms with Gasteiger partial charge in [-0.15, -0.1) is 0 Å². The van der Waals surface area contributed by atoms with E-state index in [0.717, 1.165) is 6.42 Å². The van der Waals surface area contributed by atoms with Crippen LogP contribution in [-0.4, -0.2) is 35.9 Å². The van der Waals surface area contributed by atoms with Gasteiger partial charge in [-0.3, -0.25) is 4.79 Å². The molecule has 0 radical (unpaired) electrons. The van der Waals surface area contributed by atoms with E-state index in [4.69, 9.17) is 9.47 Å². The van der Waals surface area contributed by atoms with Crippen LogP contribution in [0.3, 0.4) is 0 Å². The second-order valence-electron chi connectivity index (χ2n) is 6.30. The molecule has 5 heteroatoms. The van der Waals surface area contributed by atoms with Crippen molar-refractivity contribution < 1.29 is 24.2 Å². The van der Waals surface area contributed by atoms with Gasteiger partial charge in [0.25, 0.3) is 0 Å². The lowest BCUT2D eigenvalue weighted by molar-refractivity contribution is -0.154. The fourth-order valence-corrected chi connectivity index (χ4v) is 1.72. The molecule has 0 saturated heterocycles. The van der Waals surface area contributed by atoms with E-state index in [9.17, 15) is 14.7 Å². The number of ether oxygens (including phenoxy) is 2. The van der Waals surface area contributed by atoms with Crippen LogP contribution in [0.2, 0.25) is 0 Å².